The van der Waals surface area contributed by atoms with Crippen LogP contribution in [0.1, 0.15) is 39.2 Å². The van der Waals surface area contributed by atoms with Crippen molar-refractivity contribution in [1.29, 1.82) is 0 Å². The predicted molar refractivity (Wildman–Crippen MR) is 74.4 cm³/mol. The van der Waals surface area contributed by atoms with E-state index in [1.165, 1.54) is 29.9 Å². The van der Waals surface area contributed by atoms with Crippen LogP contribution in [0.2, 0.25) is 0 Å². The molecule has 2 rings (SSSR count). The van der Waals surface area contributed by atoms with E-state index in [1.54, 1.807) is 0 Å². The molecule has 0 saturated carbocycles. The van der Waals surface area contributed by atoms with E-state index in [4.69, 9.17) is 0 Å². The molecule has 0 aromatic carbocycles. The number of rotatable bonds is 3. The second-order valence-corrected chi connectivity index (χ2v) is 6.96. The largest absolute Gasteiger partial charge is 0.310 e. The predicted octanol–water partition coefficient (Wildman–Crippen LogP) is 2.62. The second kappa shape index (κ2) is 5.44. The summed E-state index contributed by atoms with van der Waals surface area (Å²) in [4.78, 5) is 0. The normalized spacial score (nSPS) is 18.5. The fourth-order valence-electron chi connectivity index (χ4n) is 1.98. The Morgan fingerprint density at radius 1 is 1.41 bits per heavy atom. The summed E-state index contributed by atoms with van der Waals surface area (Å²) in [6.45, 7) is 7.48. The summed E-state index contributed by atoms with van der Waals surface area (Å²) in [7, 11) is 0. The first-order valence-corrected chi connectivity index (χ1v) is 7.56. The highest BCUT2D eigenvalue weighted by molar-refractivity contribution is 7.99. The minimum atomic E-state index is 0.0831. The van der Waals surface area contributed by atoms with E-state index in [9.17, 15) is 0 Å². The third kappa shape index (κ3) is 3.75. The van der Waals surface area contributed by atoms with Crippen LogP contribution in [0, 0.1) is 0 Å². The fourth-order valence-corrected chi connectivity index (χ4v) is 3.09. The lowest BCUT2D eigenvalue weighted by Crippen LogP contribution is -2.32. The summed E-state index contributed by atoms with van der Waals surface area (Å²) in [6.07, 6.45) is 6.75. The molecule has 0 radical (unpaired) electrons. The molecule has 0 unspecified atom stereocenters. The Labute approximate surface area is 108 Å². The molecule has 0 atom stereocenters. The molecule has 17 heavy (non-hydrogen) atoms. The molecule has 1 aliphatic rings. The molecule has 2 heterocycles. The third-order valence-electron chi connectivity index (χ3n) is 3.14. The summed E-state index contributed by atoms with van der Waals surface area (Å²) in [5.74, 6) is 2.61. The molecule has 96 valence electrons. The highest BCUT2D eigenvalue weighted by Crippen LogP contribution is 2.18. The van der Waals surface area contributed by atoms with Crippen molar-refractivity contribution in [3.63, 3.8) is 0 Å². The van der Waals surface area contributed by atoms with E-state index in [-0.39, 0.29) is 5.54 Å². The van der Waals surface area contributed by atoms with E-state index < -0.39 is 0 Å². The fraction of sp³-hybridized carbons (Fsp3) is 0.769. The van der Waals surface area contributed by atoms with E-state index in [0.717, 1.165) is 6.54 Å². The lowest BCUT2D eigenvalue weighted by molar-refractivity contribution is 0.355. The summed E-state index contributed by atoms with van der Waals surface area (Å²) in [5, 5.41) is 8.06. The first kappa shape index (κ1) is 13.0. The van der Waals surface area contributed by atoms with Gasteiger partial charge in [-0.3, -0.25) is 4.68 Å². The number of aromatic nitrogens is 2. The molecule has 0 spiro atoms. The Balaban J connectivity index is 1.84. The van der Waals surface area contributed by atoms with Crippen LogP contribution in [0.25, 0.3) is 0 Å². The van der Waals surface area contributed by atoms with Gasteiger partial charge in [0.1, 0.15) is 0 Å². The van der Waals surface area contributed by atoms with Crippen molar-refractivity contribution in [3.8, 4) is 0 Å². The van der Waals surface area contributed by atoms with Gasteiger partial charge in [-0.15, -0.1) is 0 Å². The van der Waals surface area contributed by atoms with Crippen molar-refractivity contribution in [3.05, 3.63) is 18.0 Å². The number of nitrogens with one attached hydrogen (secondary N) is 1. The average Bonchev–Trinajstić information content (AvgIpc) is 2.76. The molecule has 4 heteroatoms. The number of nitrogens with zero attached hydrogens (tertiary/aromatic N) is 2. The summed E-state index contributed by atoms with van der Waals surface area (Å²) in [5.41, 5.74) is 1.37. The van der Waals surface area contributed by atoms with Crippen LogP contribution in [-0.4, -0.2) is 27.3 Å². The molecule has 1 aromatic heterocycles. The summed E-state index contributed by atoms with van der Waals surface area (Å²) < 4.78 is 2.04. The van der Waals surface area contributed by atoms with E-state index >= 15 is 0 Å². The Kier molecular flexibility index (Phi) is 4.15. The zero-order chi connectivity index (χ0) is 12.3. The Morgan fingerprint density at radius 3 is 2.71 bits per heavy atom. The topological polar surface area (TPSA) is 29.9 Å². The molecule has 3 nitrogen and oxygen atoms in total. The minimum absolute atomic E-state index is 0.0831. The Bertz CT molecular complexity index is 348. The van der Waals surface area contributed by atoms with Crippen molar-refractivity contribution in [2.45, 2.75) is 51.7 Å². The van der Waals surface area contributed by atoms with Crippen LogP contribution in [0.15, 0.2) is 12.4 Å². The van der Waals surface area contributed by atoms with Crippen LogP contribution >= 0.6 is 11.8 Å². The molecule has 0 amide bonds. The lowest BCUT2D eigenvalue weighted by Gasteiger charge is -2.22. The summed E-state index contributed by atoms with van der Waals surface area (Å²) >= 11 is 2.07. The average molecular weight is 253 g/mol. The van der Waals surface area contributed by atoms with E-state index in [2.05, 4.69) is 49.1 Å². The highest BCUT2D eigenvalue weighted by atomic mass is 32.2. The highest BCUT2D eigenvalue weighted by Gasteiger charge is 2.15. The Morgan fingerprint density at radius 2 is 2.12 bits per heavy atom. The molecule has 1 saturated heterocycles. The van der Waals surface area contributed by atoms with Gasteiger partial charge in [-0.1, -0.05) is 0 Å². The van der Waals surface area contributed by atoms with Gasteiger partial charge >= 0.3 is 0 Å². The maximum atomic E-state index is 4.42. The maximum Gasteiger partial charge on any atom is 0.0543 e. The first-order valence-electron chi connectivity index (χ1n) is 6.41. The van der Waals surface area contributed by atoms with Crippen LogP contribution in [-0.2, 0) is 12.1 Å². The maximum absolute atomic E-state index is 4.42. The van der Waals surface area contributed by atoms with E-state index in [1.807, 2.05) is 10.9 Å². The zero-order valence-electron chi connectivity index (χ0n) is 11.1. The van der Waals surface area contributed by atoms with Gasteiger partial charge in [0.25, 0.3) is 0 Å². The van der Waals surface area contributed by atoms with Crippen molar-refractivity contribution < 1.29 is 0 Å². The number of hydrogen-bond acceptors (Lipinski definition) is 3. The van der Waals surface area contributed by atoms with Crippen molar-refractivity contribution in [2.75, 3.05) is 11.5 Å². The quantitative estimate of drug-likeness (QED) is 0.898. The van der Waals surface area contributed by atoms with Gasteiger partial charge in [0.2, 0.25) is 0 Å². The van der Waals surface area contributed by atoms with Gasteiger partial charge in [-0.05, 0) is 45.1 Å². The molecule has 1 aliphatic heterocycles. The van der Waals surface area contributed by atoms with Crippen molar-refractivity contribution >= 4 is 11.8 Å². The molecule has 0 aliphatic carbocycles. The standard InChI is InChI=1S/C13H23N3S/c1-13(2,3)16-10-11(9-15-16)8-14-12-4-6-17-7-5-12/h9-10,12,14H,4-8H2,1-3H3. The molecule has 0 bridgehead atoms. The van der Waals surface area contributed by atoms with Crippen molar-refractivity contribution in [1.82, 2.24) is 15.1 Å². The number of hydrogen-bond donors (Lipinski definition) is 1. The van der Waals surface area contributed by atoms with Gasteiger partial charge in [0, 0.05) is 24.3 Å². The first-order chi connectivity index (χ1) is 8.05. The van der Waals surface area contributed by atoms with Crippen molar-refractivity contribution in [2.24, 2.45) is 0 Å². The molecule has 1 N–H and O–H groups in total. The number of thioether (sulfide) groups is 1. The van der Waals surface area contributed by atoms with Crippen LogP contribution in [0.4, 0.5) is 0 Å². The van der Waals surface area contributed by atoms with Gasteiger partial charge in [-0.25, -0.2) is 0 Å². The molecule has 1 fully saturated rings. The summed E-state index contributed by atoms with van der Waals surface area (Å²) in [6, 6.07) is 0.703. The van der Waals surface area contributed by atoms with Gasteiger partial charge in [0.15, 0.2) is 0 Å². The van der Waals surface area contributed by atoms with Gasteiger partial charge in [0.05, 0.1) is 11.7 Å². The van der Waals surface area contributed by atoms with Crippen LogP contribution in [0.5, 0.6) is 0 Å². The molecule has 1 aromatic rings. The Hall–Kier alpha value is -0.480. The van der Waals surface area contributed by atoms with Gasteiger partial charge in [-0.2, -0.15) is 16.9 Å². The molecular weight excluding hydrogens is 230 g/mol. The van der Waals surface area contributed by atoms with Gasteiger partial charge < -0.3 is 5.32 Å². The smallest absolute Gasteiger partial charge is 0.0543 e. The van der Waals surface area contributed by atoms with Crippen LogP contribution in [0.3, 0.4) is 0 Å². The third-order valence-corrected chi connectivity index (χ3v) is 4.19. The monoisotopic (exact) mass is 253 g/mol. The second-order valence-electron chi connectivity index (χ2n) is 5.73. The van der Waals surface area contributed by atoms with Crippen LogP contribution < -0.4 is 5.32 Å². The SMILES string of the molecule is CC(C)(C)n1cc(CNC2CCSCC2)cn1. The zero-order valence-corrected chi connectivity index (χ0v) is 11.9. The lowest BCUT2D eigenvalue weighted by atomic mass is 10.1. The van der Waals surface area contributed by atoms with E-state index in [0.29, 0.717) is 6.04 Å². The molecular formula is C13H23N3S. The minimum Gasteiger partial charge on any atom is -0.310 e.